The summed E-state index contributed by atoms with van der Waals surface area (Å²) in [5.41, 5.74) is 0. The van der Waals surface area contributed by atoms with Crippen LogP contribution >= 0.6 is 0 Å². The van der Waals surface area contributed by atoms with Gasteiger partial charge in [0.15, 0.2) is 0 Å². The number of aliphatic hydroxyl groups excluding tert-OH is 1. The summed E-state index contributed by atoms with van der Waals surface area (Å²) in [6.07, 6.45) is 4.07. The molecule has 2 amide bonds. The molecule has 1 aliphatic heterocycles. The standard InChI is InChI=1S/C14H26N2O3/c1-11(2)12(7-9-17)15-13(18)10-16-8-5-3-4-6-14(16)19/h11-12,17H,3-10H2,1-2H3,(H,15,18). The largest absolute Gasteiger partial charge is 0.396 e. The fourth-order valence-corrected chi connectivity index (χ4v) is 2.34. The van der Waals surface area contributed by atoms with Crippen molar-refractivity contribution in [3.05, 3.63) is 0 Å². The number of hydrogen-bond donors (Lipinski definition) is 2. The van der Waals surface area contributed by atoms with Gasteiger partial charge in [0.2, 0.25) is 11.8 Å². The maximum absolute atomic E-state index is 12.0. The molecule has 0 saturated carbocycles. The van der Waals surface area contributed by atoms with Gasteiger partial charge in [-0.2, -0.15) is 0 Å². The minimum atomic E-state index is -0.123. The summed E-state index contributed by atoms with van der Waals surface area (Å²) in [6.45, 7) is 4.91. The second-order valence-electron chi connectivity index (χ2n) is 5.56. The third-order valence-electron chi connectivity index (χ3n) is 3.60. The van der Waals surface area contributed by atoms with Crippen LogP contribution in [0.1, 0.15) is 46.0 Å². The number of nitrogens with one attached hydrogen (secondary N) is 1. The van der Waals surface area contributed by atoms with Gasteiger partial charge in [-0.25, -0.2) is 0 Å². The zero-order valence-electron chi connectivity index (χ0n) is 12.0. The van der Waals surface area contributed by atoms with Gasteiger partial charge in [-0.15, -0.1) is 0 Å². The average Bonchev–Trinajstić information content (AvgIpc) is 2.54. The van der Waals surface area contributed by atoms with E-state index in [4.69, 9.17) is 5.11 Å². The van der Waals surface area contributed by atoms with Crippen LogP contribution in [0, 0.1) is 5.92 Å². The van der Waals surface area contributed by atoms with Gasteiger partial charge in [0.1, 0.15) is 0 Å². The van der Waals surface area contributed by atoms with Gasteiger partial charge in [-0.3, -0.25) is 9.59 Å². The van der Waals surface area contributed by atoms with Crippen molar-refractivity contribution in [1.82, 2.24) is 10.2 Å². The Bertz CT molecular complexity index is 305. The molecule has 1 fully saturated rings. The number of carbonyl (C=O) groups excluding carboxylic acids is 2. The van der Waals surface area contributed by atoms with Crippen molar-refractivity contribution in [1.29, 1.82) is 0 Å². The van der Waals surface area contributed by atoms with E-state index in [2.05, 4.69) is 5.32 Å². The van der Waals surface area contributed by atoms with Crippen LogP contribution in [0.2, 0.25) is 0 Å². The summed E-state index contributed by atoms with van der Waals surface area (Å²) in [4.78, 5) is 25.4. The van der Waals surface area contributed by atoms with Gasteiger partial charge >= 0.3 is 0 Å². The maximum Gasteiger partial charge on any atom is 0.239 e. The molecular weight excluding hydrogens is 244 g/mol. The lowest BCUT2D eigenvalue weighted by molar-refractivity contribution is -0.136. The zero-order chi connectivity index (χ0) is 14.3. The Morgan fingerprint density at radius 2 is 2.11 bits per heavy atom. The highest BCUT2D eigenvalue weighted by Crippen LogP contribution is 2.11. The summed E-state index contributed by atoms with van der Waals surface area (Å²) >= 11 is 0. The molecule has 19 heavy (non-hydrogen) atoms. The predicted octanol–water partition coefficient (Wildman–Crippen LogP) is 0.912. The molecule has 0 aromatic rings. The zero-order valence-corrected chi connectivity index (χ0v) is 12.0. The number of amides is 2. The molecule has 1 atom stereocenters. The van der Waals surface area contributed by atoms with E-state index < -0.39 is 0 Å². The number of nitrogens with zero attached hydrogens (tertiary/aromatic N) is 1. The van der Waals surface area contributed by atoms with Gasteiger partial charge in [-0.05, 0) is 25.2 Å². The first kappa shape index (κ1) is 16.0. The SMILES string of the molecule is CC(C)C(CCO)NC(=O)CN1CCCCCC1=O. The normalized spacial score (nSPS) is 18.3. The number of aliphatic hydroxyl groups is 1. The van der Waals surface area contributed by atoms with Crippen molar-refractivity contribution in [2.45, 2.75) is 52.0 Å². The third kappa shape index (κ3) is 5.59. The molecule has 1 rings (SSSR count). The second kappa shape index (κ2) is 8.15. The van der Waals surface area contributed by atoms with E-state index in [1.54, 1.807) is 4.90 Å². The van der Waals surface area contributed by atoms with Gasteiger partial charge < -0.3 is 15.3 Å². The van der Waals surface area contributed by atoms with Crippen molar-refractivity contribution >= 4 is 11.8 Å². The molecule has 2 N–H and O–H groups in total. The van der Waals surface area contributed by atoms with E-state index in [1.165, 1.54) is 0 Å². The molecule has 1 unspecified atom stereocenters. The summed E-state index contributed by atoms with van der Waals surface area (Å²) < 4.78 is 0. The summed E-state index contributed by atoms with van der Waals surface area (Å²) in [6, 6.07) is -0.0282. The third-order valence-corrected chi connectivity index (χ3v) is 3.60. The van der Waals surface area contributed by atoms with E-state index in [9.17, 15) is 9.59 Å². The van der Waals surface area contributed by atoms with Crippen LogP contribution in [0.3, 0.4) is 0 Å². The van der Waals surface area contributed by atoms with Gasteiger partial charge in [-0.1, -0.05) is 20.3 Å². The first-order chi connectivity index (χ1) is 9.04. The van der Waals surface area contributed by atoms with E-state index in [1.807, 2.05) is 13.8 Å². The first-order valence-electron chi connectivity index (χ1n) is 7.22. The molecule has 1 saturated heterocycles. The average molecular weight is 270 g/mol. The Balaban J connectivity index is 2.46. The molecule has 5 heteroatoms. The van der Waals surface area contributed by atoms with Crippen LogP contribution in [0.5, 0.6) is 0 Å². The number of likely N-dealkylation sites (tertiary alicyclic amines) is 1. The van der Waals surface area contributed by atoms with Gasteiger partial charge in [0.05, 0.1) is 6.54 Å². The maximum atomic E-state index is 12.0. The van der Waals surface area contributed by atoms with Gasteiger partial charge in [0.25, 0.3) is 0 Å². The van der Waals surface area contributed by atoms with Crippen molar-refractivity contribution in [2.24, 2.45) is 5.92 Å². The topological polar surface area (TPSA) is 69.6 Å². The molecule has 0 spiro atoms. The van der Waals surface area contributed by atoms with E-state index in [0.29, 0.717) is 19.4 Å². The molecule has 5 nitrogen and oxygen atoms in total. The summed E-state index contributed by atoms with van der Waals surface area (Å²) in [5.74, 6) is 0.231. The second-order valence-corrected chi connectivity index (χ2v) is 5.56. The van der Waals surface area contributed by atoms with E-state index in [0.717, 1.165) is 19.3 Å². The molecule has 1 aliphatic rings. The summed E-state index contributed by atoms with van der Waals surface area (Å²) in [7, 11) is 0. The highest BCUT2D eigenvalue weighted by molar-refractivity contribution is 5.85. The minimum absolute atomic E-state index is 0.0282. The lowest BCUT2D eigenvalue weighted by atomic mass is 10.0. The van der Waals surface area contributed by atoms with Crippen LogP contribution in [0.25, 0.3) is 0 Å². The molecule has 0 bridgehead atoms. The van der Waals surface area contributed by atoms with Crippen molar-refractivity contribution in [3.63, 3.8) is 0 Å². The van der Waals surface area contributed by atoms with Crippen LogP contribution < -0.4 is 5.32 Å². The van der Waals surface area contributed by atoms with Crippen LogP contribution in [0.15, 0.2) is 0 Å². The fourth-order valence-electron chi connectivity index (χ4n) is 2.34. The Kier molecular flexibility index (Phi) is 6.84. The van der Waals surface area contributed by atoms with Crippen LogP contribution in [-0.2, 0) is 9.59 Å². The first-order valence-corrected chi connectivity index (χ1v) is 7.22. The molecule has 0 aromatic heterocycles. The van der Waals surface area contributed by atoms with E-state index >= 15 is 0 Å². The van der Waals surface area contributed by atoms with Crippen LogP contribution in [0.4, 0.5) is 0 Å². The molecule has 110 valence electrons. The molecule has 1 heterocycles. The lowest BCUT2D eigenvalue weighted by Crippen LogP contribution is -2.46. The smallest absolute Gasteiger partial charge is 0.239 e. The quantitative estimate of drug-likeness (QED) is 0.754. The Morgan fingerprint density at radius 1 is 1.37 bits per heavy atom. The lowest BCUT2D eigenvalue weighted by Gasteiger charge is -2.25. The Labute approximate surface area is 115 Å². The number of rotatable bonds is 6. The van der Waals surface area contributed by atoms with Crippen molar-refractivity contribution < 1.29 is 14.7 Å². The molecule has 0 radical (unpaired) electrons. The molecule has 0 aliphatic carbocycles. The highest BCUT2D eigenvalue weighted by Gasteiger charge is 2.21. The Morgan fingerprint density at radius 3 is 2.74 bits per heavy atom. The van der Waals surface area contributed by atoms with Gasteiger partial charge in [0, 0.05) is 25.6 Å². The Hall–Kier alpha value is -1.10. The minimum Gasteiger partial charge on any atom is -0.396 e. The van der Waals surface area contributed by atoms with Crippen molar-refractivity contribution in [3.8, 4) is 0 Å². The predicted molar refractivity (Wildman–Crippen MR) is 73.5 cm³/mol. The number of carbonyl (C=O) groups is 2. The summed E-state index contributed by atoms with van der Waals surface area (Å²) in [5, 5.41) is 11.9. The molecule has 0 aromatic carbocycles. The number of hydrogen-bond acceptors (Lipinski definition) is 3. The highest BCUT2D eigenvalue weighted by atomic mass is 16.3. The molecular formula is C14H26N2O3. The fraction of sp³-hybridized carbons (Fsp3) is 0.857. The van der Waals surface area contributed by atoms with Crippen LogP contribution in [-0.4, -0.2) is 47.6 Å². The van der Waals surface area contributed by atoms with Crippen molar-refractivity contribution in [2.75, 3.05) is 19.7 Å². The monoisotopic (exact) mass is 270 g/mol. The van der Waals surface area contributed by atoms with E-state index in [-0.39, 0.29) is 36.9 Å².